The summed E-state index contributed by atoms with van der Waals surface area (Å²) in [5.41, 5.74) is 7.68. The van der Waals surface area contributed by atoms with Crippen LogP contribution in [0.15, 0.2) is 30.6 Å². The fraction of sp³-hybridized carbons (Fsp3) is 0.348. The molecule has 10 nitrogen and oxygen atoms in total. The lowest BCUT2D eigenvalue weighted by molar-refractivity contribution is 0.0932. The summed E-state index contributed by atoms with van der Waals surface area (Å²) in [5.74, 6) is 0.703. The van der Waals surface area contributed by atoms with Crippen molar-refractivity contribution in [2.75, 3.05) is 11.4 Å². The molecule has 1 saturated carbocycles. The number of halogens is 1. The quantitative estimate of drug-likeness (QED) is 0.323. The zero-order chi connectivity index (χ0) is 24.1. The van der Waals surface area contributed by atoms with Gasteiger partial charge >= 0.3 is 0 Å². The Bertz CT molecular complexity index is 1310. The predicted octanol–water partition coefficient (Wildman–Crippen LogP) is 2.32. The summed E-state index contributed by atoms with van der Waals surface area (Å²) in [5, 5.41) is 26.2. The lowest BCUT2D eigenvalue weighted by Crippen LogP contribution is -2.44. The summed E-state index contributed by atoms with van der Waals surface area (Å²) in [6, 6.07) is 6.63. The highest BCUT2D eigenvalue weighted by Crippen LogP contribution is 2.43. The van der Waals surface area contributed by atoms with Gasteiger partial charge in [0.1, 0.15) is 18.0 Å². The smallest absolute Gasteiger partial charge is 0.253 e. The number of fused-ring (bicyclic) bond motifs is 2. The molecule has 5 N–H and O–H groups in total. The van der Waals surface area contributed by atoms with Gasteiger partial charge < -0.3 is 21.1 Å². The van der Waals surface area contributed by atoms with E-state index in [0.717, 1.165) is 18.5 Å². The Morgan fingerprint density at radius 2 is 2.06 bits per heavy atom. The zero-order valence-corrected chi connectivity index (χ0v) is 19.5. The van der Waals surface area contributed by atoms with Crippen LogP contribution in [-0.4, -0.2) is 55.2 Å². The van der Waals surface area contributed by atoms with Crippen molar-refractivity contribution in [2.45, 2.75) is 38.8 Å². The average Bonchev–Trinajstić information content (AvgIpc) is 3.49. The van der Waals surface area contributed by atoms with Crippen molar-refractivity contribution in [2.24, 2.45) is 11.7 Å². The molecule has 1 amide bonds. The number of carbonyl (C=O) groups excluding carboxylic acids is 1. The minimum Gasteiger partial charge on any atom is -0.504 e. The highest BCUT2D eigenvalue weighted by Gasteiger charge is 2.49. The van der Waals surface area contributed by atoms with E-state index in [9.17, 15) is 9.90 Å². The van der Waals surface area contributed by atoms with Gasteiger partial charge in [0.25, 0.3) is 5.91 Å². The Hall–Kier alpha value is -3.66. The standard InChI is InChI=1S/C23H25ClN8O2/c1-11-7-16(21(25)26)20(33)22(28-11)31-9-13-3-6-18(31)19(13)29-23(34)15-5-4-14(8-17(15)24)32-10-27-12(2)30-32/h4-5,7-8,10,13,18-19,33H,3,6,9H2,1-2H3,(H3,25,26)(H,29,34). The first-order valence-corrected chi connectivity index (χ1v) is 11.4. The Labute approximate surface area is 201 Å². The number of pyridine rings is 1. The number of carbonyl (C=O) groups is 1. The molecule has 2 aliphatic rings. The van der Waals surface area contributed by atoms with Crippen molar-refractivity contribution < 1.29 is 9.90 Å². The van der Waals surface area contributed by atoms with Crippen molar-refractivity contribution in [1.82, 2.24) is 25.1 Å². The van der Waals surface area contributed by atoms with Crippen molar-refractivity contribution in [3.8, 4) is 11.4 Å². The molecule has 3 unspecified atom stereocenters. The van der Waals surface area contributed by atoms with Crippen LogP contribution in [0.5, 0.6) is 5.75 Å². The first-order chi connectivity index (χ1) is 16.2. The minimum atomic E-state index is -0.249. The summed E-state index contributed by atoms with van der Waals surface area (Å²) in [4.78, 5) is 23.8. The summed E-state index contributed by atoms with van der Waals surface area (Å²) in [6.45, 7) is 4.25. The number of nitrogens with zero attached hydrogens (tertiary/aromatic N) is 5. The number of piperidine rings is 1. The number of nitrogens with two attached hydrogens (primary N) is 1. The van der Waals surface area contributed by atoms with Crippen LogP contribution in [-0.2, 0) is 0 Å². The number of aromatic hydroxyl groups is 1. The molecule has 1 aromatic carbocycles. The Morgan fingerprint density at radius 1 is 1.26 bits per heavy atom. The van der Waals surface area contributed by atoms with Crippen LogP contribution in [0.2, 0.25) is 5.02 Å². The van der Waals surface area contributed by atoms with Crippen LogP contribution in [0, 0.1) is 25.2 Å². The number of rotatable bonds is 5. The second-order valence-corrected chi connectivity index (χ2v) is 9.26. The van der Waals surface area contributed by atoms with E-state index in [1.54, 1.807) is 49.1 Å². The van der Waals surface area contributed by atoms with Gasteiger partial charge in [0, 0.05) is 12.2 Å². The predicted molar refractivity (Wildman–Crippen MR) is 128 cm³/mol. The van der Waals surface area contributed by atoms with Gasteiger partial charge in [0.05, 0.1) is 33.9 Å². The molecular formula is C23H25ClN8O2. The molecule has 2 aromatic heterocycles. The Balaban J connectivity index is 1.37. The average molecular weight is 481 g/mol. The molecule has 3 aromatic rings. The number of nitrogens with one attached hydrogen (secondary N) is 2. The van der Waals surface area contributed by atoms with Crippen LogP contribution in [0.4, 0.5) is 5.82 Å². The van der Waals surface area contributed by atoms with E-state index in [4.69, 9.17) is 22.7 Å². The minimum absolute atomic E-state index is 0.0230. The molecule has 3 heterocycles. The van der Waals surface area contributed by atoms with E-state index < -0.39 is 0 Å². The highest BCUT2D eigenvalue weighted by molar-refractivity contribution is 6.34. The molecule has 5 rings (SSSR count). The van der Waals surface area contributed by atoms with Crippen molar-refractivity contribution in [3.63, 3.8) is 0 Å². The molecule has 0 radical (unpaired) electrons. The summed E-state index contributed by atoms with van der Waals surface area (Å²) in [6.07, 6.45) is 3.42. The maximum atomic E-state index is 13.1. The monoisotopic (exact) mass is 480 g/mol. The number of amides is 1. The fourth-order valence-electron chi connectivity index (χ4n) is 5.04. The number of anilines is 1. The summed E-state index contributed by atoms with van der Waals surface area (Å²) in [7, 11) is 0. The number of hydrogen-bond donors (Lipinski definition) is 4. The molecule has 11 heteroatoms. The third-order valence-electron chi connectivity index (χ3n) is 6.62. The first-order valence-electron chi connectivity index (χ1n) is 11.0. The van der Waals surface area contributed by atoms with Gasteiger partial charge in [-0.25, -0.2) is 14.6 Å². The van der Waals surface area contributed by atoms with Gasteiger partial charge in [0.2, 0.25) is 0 Å². The topological polar surface area (TPSA) is 146 Å². The SMILES string of the molecule is Cc1cc(C(=N)N)c(O)c(N2CC3CCC2C3NC(=O)c2ccc(-n3cnc(C)n3)cc2Cl)n1. The van der Waals surface area contributed by atoms with E-state index in [1.807, 2.05) is 4.90 Å². The molecule has 1 aliphatic carbocycles. The van der Waals surface area contributed by atoms with Crippen LogP contribution >= 0.6 is 11.6 Å². The van der Waals surface area contributed by atoms with Gasteiger partial charge in [-0.1, -0.05) is 11.6 Å². The second-order valence-electron chi connectivity index (χ2n) is 8.85. The van der Waals surface area contributed by atoms with Crippen molar-refractivity contribution >= 4 is 29.2 Å². The van der Waals surface area contributed by atoms with Crippen LogP contribution in [0.1, 0.15) is 40.3 Å². The largest absolute Gasteiger partial charge is 0.504 e. The van der Waals surface area contributed by atoms with Gasteiger partial charge in [-0.05, 0) is 56.9 Å². The molecule has 2 bridgehead atoms. The highest BCUT2D eigenvalue weighted by atomic mass is 35.5. The lowest BCUT2D eigenvalue weighted by Gasteiger charge is -2.30. The molecule has 1 aliphatic heterocycles. The van der Waals surface area contributed by atoms with E-state index >= 15 is 0 Å². The number of aryl methyl sites for hydroxylation is 2. The van der Waals surface area contributed by atoms with E-state index in [1.165, 1.54) is 0 Å². The van der Waals surface area contributed by atoms with E-state index in [2.05, 4.69) is 20.4 Å². The normalized spacial score (nSPS) is 21.1. The number of aromatic nitrogens is 4. The molecule has 3 atom stereocenters. The van der Waals surface area contributed by atoms with Gasteiger partial charge in [-0.2, -0.15) is 5.10 Å². The molecule has 176 valence electrons. The Kier molecular flexibility index (Phi) is 5.40. The maximum Gasteiger partial charge on any atom is 0.253 e. The zero-order valence-electron chi connectivity index (χ0n) is 18.8. The van der Waals surface area contributed by atoms with E-state index in [0.29, 0.717) is 34.5 Å². The van der Waals surface area contributed by atoms with Gasteiger partial charge in [-0.3, -0.25) is 10.2 Å². The number of nitrogen functional groups attached to an aromatic ring is 1. The number of amidine groups is 1. The third kappa shape index (κ3) is 3.73. The maximum absolute atomic E-state index is 13.1. The van der Waals surface area contributed by atoms with Crippen LogP contribution in [0.3, 0.4) is 0 Å². The lowest BCUT2D eigenvalue weighted by atomic mass is 10.1. The second kappa shape index (κ2) is 8.28. The summed E-state index contributed by atoms with van der Waals surface area (Å²) >= 11 is 6.46. The van der Waals surface area contributed by atoms with Gasteiger partial charge in [-0.15, -0.1) is 0 Å². The van der Waals surface area contributed by atoms with E-state index in [-0.39, 0.29) is 41.1 Å². The number of benzene rings is 1. The number of hydrogen-bond acceptors (Lipinski definition) is 7. The molecule has 34 heavy (non-hydrogen) atoms. The van der Waals surface area contributed by atoms with Crippen molar-refractivity contribution in [3.05, 3.63) is 58.3 Å². The molecule has 1 saturated heterocycles. The van der Waals surface area contributed by atoms with Crippen LogP contribution < -0.4 is 16.0 Å². The molecular weight excluding hydrogens is 456 g/mol. The first kappa shape index (κ1) is 22.1. The summed E-state index contributed by atoms with van der Waals surface area (Å²) < 4.78 is 1.61. The third-order valence-corrected chi connectivity index (χ3v) is 6.93. The van der Waals surface area contributed by atoms with Crippen molar-refractivity contribution in [1.29, 1.82) is 5.41 Å². The molecule has 2 fully saturated rings. The molecule has 0 spiro atoms. The van der Waals surface area contributed by atoms with Crippen LogP contribution in [0.25, 0.3) is 5.69 Å². The fourth-order valence-corrected chi connectivity index (χ4v) is 5.30. The van der Waals surface area contributed by atoms with Gasteiger partial charge in [0.15, 0.2) is 11.6 Å². The Morgan fingerprint density at radius 3 is 2.74 bits per heavy atom.